The van der Waals surface area contributed by atoms with Gasteiger partial charge in [-0.1, -0.05) is 30.3 Å². The molecule has 0 saturated carbocycles. The van der Waals surface area contributed by atoms with Crippen LogP contribution in [0.4, 0.5) is 0 Å². The van der Waals surface area contributed by atoms with Crippen molar-refractivity contribution in [1.82, 2.24) is 4.40 Å². The maximum absolute atomic E-state index is 12.4. The first-order chi connectivity index (χ1) is 10.6. The fraction of sp³-hybridized carbons (Fsp3) is 0.0588. The number of carbonyl (C=O) groups is 1. The monoisotopic (exact) mass is 357 g/mol. The largest absolute Gasteiger partial charge is 0.457 e. The van der Waals surface area contributed by atoms with E-state index in [2.05, 4.69) is 15.9 Å². The highest BCUT2D eigenvalue weighted by atomic mass is 79.9. The number of carbonyl (C=O) groups excluding carboxylic acids is 1. The van der Waals surface area contributed by atoms with E-state index in [0.717, 1.165) is 10.0 Å². The van der Waals surface area contributed by atoms with E-state index < -0.39 is 11.5 Å². The van der Waals surface area contributed by atoms with Gasteiger partial charge in [0, 0.05) is 16.2 Å². The Morgan fingerprint density at radius 2 is 1.77 bits per heavy atom. The van der Waals surface area contributed by atoms with Gasteiger partial charge in [0.2, 0.25) is 0 Å². The summed E-state index contributed by atoms with van der Waals surface area (Å²) in [5.41, 5.74) is 1.22. The van der Waals surface area contributed by atoms with E-state index in [0.29, 0.717) is 5.52 Å². The van der Waals surface area contributed by atoms with Crippen LogP contribution in [0, 0.1) is 0 Å². The van der Waals surface area contributed by atoms with Crippen molar-refractivity contribution in [3.63, 3.8) is 0 Å². The van der Waals surface area contributed by atoms with E-state index in [-0.39, 0.29) is 12.2 Å². The van der Waals surface area contributed by atoms with E-state index >= 15 is 0 Å². The Bertz CT molecular complexity index is 887. The first-order valence-electron chi connectivity index (χ1n) is 6.67. The molecule has 110 valence electrons. The van der Waals surface area contributed by atoms with E-state index in [1.165, 1.54) is 10.5 Å². The molecule has 2 heterocycles. The predicted octanol–water partition coefficient (Wildman–Crippen LogP) is 3.42. The number of hydrogen-bond donors (Lipinski definition) is 0. The molecule has 0 radical (unpaired) electrons. The highest BCUT2D eigenvalue weighted by Crippen LogP contribution is 2.11. The van der Waals surface area contributed by atoms with E-state index in [1.54, 1.807) is 18.3 Å². The number of aromatic nitrogens is 1. The molecule has 0 fully saturated rings. The van der Waals surface area contributed by atoms with Gasteiger partial charge in [-0.25, -0.2) is 4.79 Å². The summed E-state index contributed by atoms with van der Waals surface area (Å²) in [6, 6.07) is 16.2. The first kappa shape index (κ1) is 14.5. The van der Waals surface area contributed by atoms with Crippen LogP contribution in [0.5, 0.6) is 0 Å². The fourth-order valence-electron chi connectivity index (χ4n) is 2.12. The molecule has 5 heteroatoms. The van der Waals surface area contributed by atoms with Gasteiger partial charge in [-0.2, -0.15) is 0 Å². The smallest absolute Gasteiger partial charge is 0.344 e. The summed E-state index contributed by atoms with van der Waals surface area (Å²) in [7, 11) is 0. The SMILES string of the molecule is O=C(OCc1ccccc1)c1ccc2ccc(Br)cn2c1=O. The third kappa shape index (κ3) is 2.94. The molecule has 3 aromatic rings. The lowest BCUT2D eigenvalue weighted by molar-refractivity contribution is 0.0470. The molecule has 0 aliphatic carbocycles. The second-order valence-electron chi connectivity index (χ2n) is 4.76. The topological polar surface area (TPSA) is 47.8 Å². The standard InChI is InChI=1S/C17H12BrNO3/c18-13-6-7-14-8-9-15(16(20)19(14)10-13)17(21)22-11-12-4-2-1-3-5-12/h1-10H,11H2. The van der Waals surface area contributed by atoms with Gasteiger partial charge in [0.15, 0.2) is 0 Å². The number of fused-ring (bicyclic) bond motifs is 1. The number of halogens is 1. The summed E-state index contributed by atoms with van der Waals surface area (Å²) in [6.07, 6.45) is 1.63. The third-order valence-corrected chi connectivity index (χ3v) is 3.72. The lowest BCUT2D eigenvalue weighted by atomic mass is 10.2. The van der Waals surface area contributed by atoms with Crippen molar-refractivity contribution in [2.24, 2.45) is 0 Å². The van der Waals surface area contributed by atoms with E-state index in [9.17, 15) is 9.59 Å². The predicted molar refractivity (Wildman–Crippen MR) is 86.9 cm³/mol. The number of hydrogen-bond acceptors (Lipinski definition) is 3. The number of esters is 1. The summed E-state index contributed by atoms with van der Waals surface area (Å²) in [5.74, 6) is -0.622. The zero-order valence-electron chi connectivity index (χ0n) is 11.5. The lowest BCUT2D eigenvalue weighted by Crippen LogP contribution is -2.23. The molecule has 2 aromatic heterocycles. The summed E-state index contributed by atoms with van der Waals surface area (Å²) in [6.45, 7) is 0.139. The van der Waals surface area contributed by atoms with Gasteiger partial charge in [0.25, 0.3) is 5.56 Å². The van der Waals surface area contributed by atoms with Crippen LogP contribution in [-0.2, 0) is 11.3 Å². The molecule has 1 aromatic carbocycles. The van der Waals surface area contributed by atoms with Crippen LogP contribution in [-0.4, -0.2) is 10.4 Å². The Hall–Kier alpha value is -2.40. The molecule has 3 rings (SSSR count). The highest BCUT2D eigenvalue weighted by molar-refractivity contribution is 9.10. The Kier molecular flexibility index (Phi) is 4.06. The molecular weight excluding hydrogens is 346 g/mol. The number of ether oxygens (including phenoxy) is 1. The van der Waals surface area contributed by atoms with E-state index in [1.807, 2.05) is 36.4 Å². The van der Waals surface area contributed by atoms with Crippen molar-refractivity contribution in [2.45, 2.75) is 6.61 Å². The minimum absolute atomic E-state index is 0.0199. The second-order valence-corrected chi connectivity index (χ2v) is 5.67. The van der Waals surface area contributed by atoms with Crippen LogP contribution < -0.4 is 5.56 Å². The van der Waals surface area contributed by atoms with Gasteiger partial charge in [-0.3, -0.25) is 9.20 Å². The zero-order valence-corrected chi connectivity index (χ0v) is 13.1. The lowest BCUT2D eigenvalue weighted by Gasteiger charge is -2.06. The summed E-state index contributed by atoms with van der Waals surface area (Å²) < 4.78 is 7.39. The van der Waals surface area contributed by atoms with Crippen molar-refractivity contribution in [2.75, 3.05) is 0 Å². The Balaban J connectivity index is 1.88. The molecule has 0 unspecified atom stereocenters. The van der Waals surface area contributed by atoms with E-state index in [4.69, 9.17) is 4.74 Å². The normalized spacial score (nSPS) is 10.6. The van der Waals surface area contributed by atoms with Gasteiger partial charge in [-0.15, -0.1) is 0 Å². The highest BCUT2D eigenvalue weighted by Gasteiger charge is 2.14. The van der Waals surface area contributed by atoms with Crippen LogP contribution in [0.1, 0.15) is 15.9 Å². The quantitative estimate of drug-likeness (QED) is 0.674. The average molecular weight is 358 g/mol. The molecule has 0 aliphatic heterocycles. The Labute approximate surface area is 135 Å². The zero-order chi connectivity index (χ0) is 15.5. The minimum Gasteiger partial charge on any atom is -0.457 e. The van der Waals surface area contributed by atoms with Gasteiger partial charge in [0.05, 0.1) is 0 Å². The molecule has 0 N–H and O–H groups in total. The van der Waals surface area contributed by atoms with Crippen LogP contribution in [0.2, 0.25) is 0 Å². The maximum Gasteiger partial charge on any atom is 0.344 e. The molecule has 4 nitrogen and oxygen atoms in total. The summed E-state index contributed by atoms with van der Waals surface area (Å²) >= 11 is 3.31. The molecule has 0 spiro atoms. The molecular formula is C17H12BrNO3. The van der Waals surface area contributed by atoms with Crippen LogP contribution >= 0.6 is 15.9 Å². The van der Waals surface area contributed by atoms with Gasteiger partial charge >= 0.3 is 5.97 Å². The molecule has 0 aliphatic rings. The molecule has 22 heavy (non-hydrogen) atoms. The van der Waals surface area contributed by atoms with Crippen molar-refractivity contribution in [3.8, 4) is 0 Å². The Morgan fingerprint density at radius 1 is 1.05 bits per heavy atom. The van der Waals surface area contributed by atoms with Crippen molar-refractivity contribution in [3.05, 3.63) is 86.7 Å². The van der Waals surface area contributed by atoms with Gasteiger partial charge in [0.1, 0.15) is 12.2 Å². The van der Waals surface area contributed by atoms with Gasteiger partial charge in [-0.05, 0) is 45.8 Å². The van der Waals surface area contributed by atoms with Crippen molar-refractivity contribution >= 4 is 27.4 Å². The number of nitrogens with zero attached hydrogens (tertiary/aromatic N) is 1. The maximum atomic E-state index is 12.4. The average Bonchev–Trinajstić information content (AvgIpc) is 2.54. The van der Waals surface area contributed by atoms with Crippen molar-refractivity contribution in [1.29, 1.82) is 0 Å². The fourth-order valence-corrected chi connectivity index (χ4v) is 2.46. The number of pyridine rings is 2. The molecule has 0 bridgehead atoms. The minimum atomic E-state index is -0.622. The summed E-state index contributed by atoms with van der Waals surface area (Å²) in [4.78, 5) is 24.5. The summed E-state index contributed by atoms with van der Waals surface area (Å²) in [5, 5.41) is 0. The second kappa shape index (κ2) is 6.15. The van der Waals surface area contributed by atoms with Crippen LogP contribution in [0.15, 0.2) is 70.1 Å². The molecule has 0 saturated heterocycles. The van der Waals surface area contributed by atoms with Crippen LogP contribution in [0.25, 0.3) is 5.52 Å². The van der Waals surface area contributed by atoms with Crippen molar-refractivity contribution < 1.29 is 9.53 Å². The molecule has 0 atom stereocenters. The number of benzene rings is 1. The van der Waals surface area contributed by atoms with Crippen LogP contribution in [0.3, 0.4) is 0 Å². The number of rotatable bonds is 3. The third-order valence-electron chi connectivity index (χ3n) is 3.25. The first-order valence-corrected chi connectivity index (χ1v) is 7.46. The molecule has 0 amide bonds. The Morgan fingerprint density at radius 3 is 2.55 bits per heavy atom. The van der Waals surface area contributed by atoms with Gasteiger partial charge < -0.3 is 4.74 Å².